The third-order valence-electron chi connectivity index (χ3n) is 3.39. The molecule has 2 aromatic carbocycles. The Kier molecular flexibility index (Phi) is 5.52. The second-order valence-electron chi connectivity index (χ2n) is 4.98. The monoisotopic (exact) mass is 333 g/mol. The second-order valence-corrected chi connectivity index (χ2v) is 4.98. The lowest BCUT2D eigenvalue weighted by molar-refractivity contribution is -0.111. The molecule has 126 valence electrons. The Morgan fingerprint density at radius 1 is 1.08 bits per heavy atom. The summed E-state index contributed by atoms with van der Waals surface area (Å²) in [5.74, 6) is -0.991. The number of carbonyl (C=O) groups is 1. The van der Waals surface area contributed by atoms with Gasteiger partial charge in [0.15, 0.2) is 11.5 Å². The maximum atomic E-state index is 13.5. The summed E-state index contributed by atoms with van der Waals surface area (Å²) in [6.07, 6.45) is 2.16. The molecule has 0 fully saturated rings. The Bertz CT molecular complexity index is 768. The zero-order valence-electron chi connectivity index (χ0n) is 13.5. The molecule has 0 bridgehead atoms. The van der Waals surface area contributed by atoms with Crippen LogP contribution in [-0.2, 0) is 4.79 Å². The Labute approximate surface area is 138 Å². The van der Waals surface area contributed by atoms with E-state index in [4.69, 9.17) is 9.47 Å². The summed E-state index contributed by atoms with van der Waals surface area (Å²) in [5, 5.41) is 2.64. The third kappa shape index (κ3) is 3.90. The van der Waals surface area contributed by atoms with Gasteiger partial charge in [-0.2, -0.15) is 0 Å². The second kappa shape index (κ2) is 7.59. The van der Waals surface area contributed by atoms with Crippen molar-refractivity contribution < 1.29 is 23.0 Å². The summed E-state index contributed by atoms with van der Waals surface area (Å²) >= 11 is 0. The van der Waals surface area contributed by atoms with E-state index in [2.05, 4.69) is 5.32 Å². The highest BCUT2D eigenvalue weighted by Gasteiger charge is 2.10. The molecular weight excluding hydrogens is 316 g/mol. The van der Waals surface area contributed by atoms with Gasteiger partial charge in [0.2, 0.25) is 5.91 Å². The highest BCUT2D eigenvalue weighted by Crippen LogP contribution is 2.32. The first kappa shape index (κ1) is 17.5. The molecule has 0 heterocycles. The maximum Gasteiger partial charge on any atom is 0.248 e. The van der Waals surface area contributed by atoms with E-state index in [0.717, 1.165) is 29.8 Å². The maximum absolute atomic E-state index is 13.5. The van der Waals surface area contributed by atoms with E-state index in [1.54, 1.807) is 19.1 Å². The molecule has 0 aliphatic rings. The predicted octanol–water partition coefficient (Wildman–Crippen LogP) is 3.94. The number of aryl methyl sites for hydroxylation is 1. The van der Waals surface area contributed by atoms with Crippen molar-refractivity contribution in [2.45, 2.75) is 6.92 Å². The first-order valence-electron chi connectivity index (χ1n) is 7.12. The van der Waals surface area contributed by atoms with E-state index in [1.165, 1.54) is 20.3 Å². The Hall–Kier alpha value is -2.89. The van der Waals surface area contributed by atoms with Gasteiger partial charge < -0.3 is 14.8 Å². The number of ether oxygens (including phenoxy) is 2. The quantitative estimate of drug-likeness (QED) is 0.843. The molecule has 1 N–H and O–H groups in total. The SMILES string of the molecule is COc1cc(C)c(NC(=O)/C=C/c2c(F)cccc2F)cc1OC. The minimum Gasteiger partial charge on any atom is -0.493 e. The molecule has 0 aliphatic heterocycles. The fourth-order valence-electron chi connectivity index (χ4n) is 2.12. The first-order chi connectivity index (χ1) is 11.5. The van der Waals surface area contributed by atoms with Crippen LogP contribution >= 0.6 is 0 Å². The third-order valence-corrected chi connectivity index (χ3v) is 3.39. The number of rotatable bonds is 5. The van der Waals surface area contributed by atoms with E-state index >= 15 is 0 Å². The number of halogens is 2. The van der Waals surface area contributed by atoms with Gasteiger partial charge in [-0.3, -0.25) is 4.79 Å². The van der Waals surface area contributed by atoms with Crippen molar-refractivity contribution in [2.75, 3.05) is 19.5 Å². The molecule has 0 radical (unpaired) electrons. The molecule has 2 rings (SSSR count). The molecular formula is C18H17F2NO3. The number of carbonyl (C=O) groups excluding carboxylic acids is 1. The Balaban J connectivity index is 2.20. The minimum absolute atomic E-state index is 0.267. The molecule has 0 atom stereocenters. The highest BCUT2D eigenvalue weighted by atomic mass is 19.1. The molecule has 0 aromatic heterocycles. The average molecular weight is 333 g/mol. The van der Waals surface area contributed by atoms with Gasteiger partial charge in [0.05, 0.1) is 14.2 Å². The van der Waals surface area contributed by atoms with Crippen LogP contribution in [-0.4, -0.2) is 20.1 Å². The summed E-state index contributed by atoms with van der Waals surface area (Å²) in [6.45, 7) is 1.79. The predicted molar refractivity (Wildman–Crippen MR) is 88.3 cm³/mol. The van der Waals surface area contributed by atoms with Crippen LogP contribution in [0.15, 0.2) is 36.4 Å². The molecule has 1 amide bonds. The van der Waals surface area contributed by atoms with E-state index in [1.807, 2.05) is 0 Å². The lowest BCUT2D eigenvalue weighted by Crippen LogP contribution is -2.09. The van der Waals surface area contributed by atoms with Crippen LogP contribution in [0.25, 0.3) is 6.08 Å². The van der Waals surface area contributed by atoms with E-state index < -0.39 is 17.5 Å². The van der Waals surface area contributed by atoms with Crippen LogP contribution in [0.1, 0.15) is 11.1 Å². The summed E-state index contributed by atoms with van der Waals surface area (Å²) in [7, 11) is 3.00. The molecule has 0 spiro atoms. The summed E-state index contributed by atoms with van der Waals surface area (Å²) in [4.78, 5) is 12.0. The van der Waals surface area contributed by atoms with Crippen molar-refractivity contribution in [1.29, 1.82) is 0 Å². The fourth-order valence-corrected chi connectivity index (χ4v) is 2.12. The van der Waals surface area contributed by atoms with Crippen molar-refractivity contribution in [1.82, 2.24) is 0 Å². The highest BCUT2D eigenvalue weighted by molar-refractivity contribution is 6.02. The normalized spacial score (nSPS) is 10.7. The molecule has 0 aliphatic carbocycles. The molecule has 0 saturated carbocycles. The van der Waals surface area contributed by atoms with Gasteiger partial charge in [-0.05, 0) is 36.8 Å². The van der Waals surface area contributed by atoms with Gasteiger partial charge in [-0.25, -0.2) is 8.78 Å². The van der Waals surface area contributed by atoms with Crippen molar-refractivity contribution in [3.05, 3.63) is 59.2 Å². The summed E-state index contributed by atoms with van der Waals surface area (Å²) < 4.78 is 37.4. The molecule has 0 saturated heterocycles. The lowest BCUT2D eigenvalue weighted by Gasteiger charge is -2.12. The molecule has 4 nitrogen and oxygen atoms in total. The number of nitrogens with one attached hydrogen (secondary N) is 1. The molecule has 24 heavy (non-hydrogen) atoms. The van der Waals surface area contributed by atoms with E-state index in [0.29, 0.717) is 17.2 Å². The number of amides is 1. The average Bonchev–Trinajstić information content (AvgIpc) is 2.55. The van der Waals surface area contributed by atoms with Crippen molar-refractivity contribution >= 4 is 17.7 Å². The number of hydrogen-bond acceptors (Lipinski definition) is 3. The number of anilines is 1. The van der Waals surface area contributed by atoms with E-state index in [9.17, 15) is 13.6 Å². The molecule has 6 heteroatoms. The van der Waals surface area contributed by atoms with Crippen LogP contribution in [0.5, 0.6) is 11.5 Å². The summed E-state index contributed by atoms with van der Waals surface area (Å²) in [5.41, 5.74) is 1.000. The van der Waals surface area contributed by atoms with Crippen molar-refractivity contribution in [3.63, 3.8) is 0 Å². The minimum atomic E-state index is -0.735. The standard InChI is InChI=1S/C18H17F2NO3/c1-11-9-16(23-2)17(24-3)10-15(11)21-18(22)8-7-12-13(19)5-4-6-14(12)20/h4-10H,1-3H3,(H,21,22)/b8-7+. The first-order valence-corrected chi connectivity index (χ1v) is 7.12. The van der Waals surface area contributed by atoms with Crippen LogP contribution < -0.4 is 14.8 Å². The zero-order valence-corrected chi connectivity index (χ0v) is 13.5. The van der Waals surface area contributed by atoms with Crippen LogP contribution in [0.3, 0.4) is 0 Å². The zero-order chi connectivity index (χ0) is 17.7. The van der Waals surface area contributed by atoms with E-state index in [-0.39, 0.29) is 5.56 Å². The molecule has 0 unspecified atom stereocenters. The van der Waals surface area contributed by atoms with Gasteiger partial charge in [-0.1, -0.05) is 6.07 Å². The van der Waals surface area contributed by atoms with Gasteiger partial charge in [0.25, 0.3) is 0 Å². The topological polar surface area (TPSA) is 47.6 Å². The number of benzene rings is 2. The largest absolute Gasteiger partial charge is 0.493 e. The number of hydrogen-bond donors (Lipinski definition) is 1. The van der Waals surface area contributed by atoms with Crippen LogP contribution in [0.4, 0.5) is 14.5 Å². The lowest BCUT2D eigenvalue weighted by atomic mass is 10.1. The number of methoxy groups -OCH3 is 2. The molecule has 2 aromatic rings. The van der Waals surface area contributed by atoms with Crippen LogP contribution in [0, 0.1) is 18.6 Å². The van der Waals surface area contributed by atoms with Crippen molar-refractivity contribution in [3.8, 4) is 11.5 Å². The van der Waals surface area contributed by atoms with Gasteiger partial charge >= 0.3 is 0 Å². The van der Waals surface area contributed by atoms with Crippen molar-refractivity contribution in [2.24, 2.45) is 0 Å². The van der Waals surface area contributed by atoms with Gasteiger partial charge in [0, 0.05) is 23.4 Å². The smallest absolute Gasteiger partial charge is 0.248 e. The van der Waals surface area contributed by atoms with Crippen LogP contribution in [0.2, 0.25) is 0 Å². The summed E-state index contributed by atoms with van der Waals surface area (Å²) in [6, 6.07) is 6.84. The van der Waals surface area contributed by atoms with Gasteiger partial charge in [0.1, 0.15) is 11.6 Å². The van der Waals surface area contributed by atoms with Gasteiger partial charge in [-0.15, -0.1) is 0 Å². The Morgan fingerprint density at radius 2 is 1.67 bits per heavy atom. The Morgan fingerprint density at radius 3 is 2.25 bits per heavy atom. The fraction of sp³-hybridized carbons (Fsp3) is 0.167.